The number of unbranched alkanes of at least 4 members (excludes halogenated alkanes) is 7. The molecule has 0 spiro atoms. The zero-order valence-electron chi connectivity index (χ0n) is 22.7. The van der Waals surface area contributed by atoms with Crippen LogP contribution in [0.15, 0.2) is 114 Å². The quantitative estimate of drug-likeness (QED) is 0.126. The van der Waals surface area contributed by atoms with E-state index in [1.807, 2.05) is 0 Å². The van der Waals surface area contributed by atoms with E-state index in [2.05, 4.69) is 91.0 Å². The van der Waals surface area contributed by atoms with E-state index in [1.54, 1.807) is 13.0 Å². The Morgan fingerprint density at radius 2 is 0.921 bits per heavy atom. The molecule has 0 heterocycles. The van der Waals surface area contributed by atoms with Gasteiger partial charge in [0.1, 0.15) is 0 Å². The van der Waals surface area contributed by atoms with Crippen molar-refractivity contribution in [2.45, 2.75) is 64.7 Å². The predicted molar refractivity (Wildman–Crippen MR) is 165 cm³/mol. The Balaban J connectivity index is 1.27. The van der Waals surface area contributed by atoms with Gasteiger partial charge in [-0.1, -0.05) is 0 Å². The predicted octanol–water partition coefficient (Wildman–Crippen LogP) is 7.25. The Labute approximate surface area is 229 Å². The molecule has 0 aromatic heterocycles. The summed E-state index contributed by atoms with van der Waals surface area (Å²) in [6.45, 7) is 1.71. The molecule has 0 aliphatic heterocycles. The zero-order valence-corrected chi connectivity index (χ0v) is 23.7. The molecule has 0 saturated carbocycles. The summed E-state index contributed by atoms with van der Waals surface area (Å²) in [5, 5.41) is 4.49. The van der Waals surface area contributed by atoms with Gasteiger partial charge in [-0.3, -0.25) is 9.59 Å². The molecular weight excluding hydrogens is 483 g/mol. The number of carbonyl (C=O) groups excluding carboxylic acids is 2. The topological polar surface area (TPSA) is 34.1 Å². The third-order valence-electron chi connectivity index (χ3n) is 7.91. The van der Waals surface area contributed by atoms with Crippen molar-refractivity contribution in [2.75, 3.05) is 6.16 Å². The first-order valence-corrected chi connectivity index (χ1v) is 16.5. The van der Waals surface area contributed by atoms with Gasteiger partial charge in [0.05, 0.1) is 0 Å². The van der Waals surface area contributed by atoms with Gasteiger partial charge in [0.25, 0.3) is 0 Å². The van der Waals surface area contributed by atoms with Crippen LogP contribution in [0.25, 0.3) is 0 Å². The van der Waals surface area contributed by atoms with E-state index in [0.29, 0.717) is 11.1 Å². The van der Waals surface area contributed by atoms with E-state index in [0.717, 1.165) is 19.3 Å². The van der Waals surface area contributed by atoms with Crippen LogP contribution in [-0.2, 0) is 9.59 Å². The molecule has 0 radical (unpaired) electrons. The van der Waals surface area contributed by atoms with Crippen molar-refractivity contribution in [3.05, 3.63) is 114 Å². The van der Waals surface area contributed by atoms with E-state index in [9.17, 15) is 9.59 Å². The number of rotatable bonds is 14. The summed E-state index contributed by atoms with van der Waals surface area (Å²) >= 11 is 0. The van der Waals surface area contributed by atoms with Crippen molar-refractivity contribution in [1.82, 2.24) is 0 Å². The van der Waals surface area contributed by atoms with E-state index in [4.69, 9.17) is 0 Å². The summed E-state index contributed by atoms with van der Waals surface area (Å²) in [6, 6.07) is 33.6. The van der Waals surface area contributed by atoms with Crippen LogP contribution in [0, 0.1) is 0 Å². The van der Waals surface area contributed by atoms with Crippen LogP contribution in [0.1, 0.15) is 64.7 Å². The van der Waals surface area contributed by atoms with Gasteiger partial charge >= 0.3 is 196 Å². The van der Waals surface area contributed by atoms with Crippen molar-refractivity contribution in [2.24, 2.45) is 0 Å². The van der Waals surface area contributed by atoms with Crippen LogP contribution in [-0.4, -0.2) is 17.7 Å². The SMILES string of the molecule is CC1=CC(=O)C(CCCCCCCCCC[PH](c2ccccc2)(c2ccccc2)c2ccccc2)=CC1=O. The molecule has 0 atom stereocenters. The van der Waals surface area contributed by atoms with Crippen molar-refractivity contribution >= 4 is 34.7 Å². The maximum atomic E-state index is 12.1. The number of hydrogen-bond acceptors (Lipinski definition) is 2. The van der Waals surface area contributed by atoms with E-state index in [-0.39, 0.29) is 11.6 Å². The van der Waals surface area contributed by atoms with Crippen molar-refractivity contribution in [1.29, 1.82) is 0 Å². The van der Waals surface area contributed by atoms with Crippen LogP contribution in [0.3, 0.4) is 0 Å². The summed E-state index contributed by atoms with van der Waals surface area (Å²) in [5.74, 6) is 0.00158. The molecule has 2 nitrogen and oxygen atoms in total. The van der Waals surface area contributed by atoms with Crippen LogP contribution in [0.5, 0.6) is 0 Å². The third-order valence-corrected chi connectivity index (χ3v) is 13.0. The minimum absolute atomic E-state index is 0.0153. The van der Waals surface area contributed by atoms with Gasteiger partial charge < -0.3 is 0 Å². The minimum Gasteiger partial charge on any atom is -0.290 e. The smallest absolute Gasteiger partial charge is 0.290 e. The van der Waals surface area contributed by atoms with Gasteiger partial charge in [-0.15, -0.1) is 0 Å². The third kappa shape index (κ3) is 7.06. The summed E-state index contributed by atoms with van der Waals surface area (Å²) in [5.41, 5.74) is 1.23. The second kappa shape index (κ2) is 14.2. The Morgan fingerprint density at radius 1 is 0.500 bits per heavy atom. The molecule has 38 heavy (non-hydrogen) atoms. The number of carbonyl (C=O) groups is 2. The molecule has 0 bridgehead atoms. The molecule has 0 saturated heterocycles. The van der Waals surface area contributed by atoms with Gasteiger partial charge in [0, 0.05) is 5.57 Å². The Morgan fingerprint density at radius 3 is 1.39 bits per heavy atom. The molecule has 3 aromatic carbocycles. The van der Waals surface area contributed by atoms with Gasteiger partial charge in [-0.25, -0.2) is 0 Å². The molecule has 0 fully saturated rings. The molecule has 0 unspecified atom stereocenters. The second-order valence-corrected chi connectivity index (χ2v) is 14.6. The standard InChI is InChI=1S/C35H41O2P/c1-29-27-35(37)30(28-34(29)36)19-11-6-4-2-3-5-7-18-26-38(31-20-12-8-13-21-31,32-22-14-9-15-23-32)33-24-16-10-17-25-33/h8-10,12-17,20-25,27-28,38H,2-7,11,18-19,26H2,1H3. The van der Waals surface area contributed by atoms with Gasteiger partial charge in [0.15, 0.2) is 5.78 Å². The summed E-state index contributed by atoms with van der Waals surface area (Å²) in [4.78, 5) is 23.9. The number of benzene rings is 3. The molecule has 0 N–H and O–H groups in total. The molecule has 3 aromatic rings. The van der Waals surface area contributed by atoms with Crippen LogP contribution in [0.4, 0.5) is 0 Å². The number of hydrogen-bond donors (Lipinski definition) is 0. The molecule has 1 aliphatic carbocycles. The van der Waals surface area contributed by atoms with Crippen molar-refractivity contribution in [3.63, 3.8) is 0 Å². The summed E-state index contributed by atoms with van der Waals surface area (Å²) in [6.07, 6.45) is 14.5. The second-order valence-electron chi connectivity index (χ2n) is 10.6. The summed E-state index contributed by atoms with van der Waals surface area (Å²) < 4.78 is 0. The average molecular weight is 525 g/mol. The molecule has 3 heteroatoms. The fourth-order valence-corrected chi connectivity index (χ4v) is 10.7. The molecule has 198 valence electrons. The first-order chi connectivity index (χ1) is 18.6. The van der Waals surface area contributed by atoms with Crippen molar-refractivity contribution in [3.8, 4) is 0 Å². The van der Waals surface area contributed by atoms with Crippen LogP contribution in [0.2, 0.25) is 0 Å². The molecule has 1 aliphatic rings. The van der Waals surface area contributed by atoms with Crippen LogP contribution < -0.4 is 15.9 Å². The first-order valence-electron chi connectivity index (χ1n) is 14.3. The van der Waals surface area contributed by atoms with Gasteiger partial charge in [-0.2, -0.15) is 0 Å². The molecular formula is C35H41O2P. The fraction of sp³-hybridized carbons (Fsp3) is 0.314. The number of allylic oxidation sites excluding steroid dienone is 4. The summed E-state index contributed by atoms with van der Waals surface area (Å²) in [7, 11) is -2.10. The monoisotopic (exact) mass is 524 g/mol. The minimum atomic E-state index is -2.10. The Bertz CT molecular complexity index is 1150. The Kier molecular flexibility index (Phi) is 10.4. The van der Waals surface area contributed by atoms with Crippen molar-refractivity contribution < 1.29 is 9.59 Å². The first kappa shape index (κ1) is 27.9. The molecule has 0 amide bonds. The maximum absolute atomic E-state index is 12.1. The zero-order chi connectivity index (χ0) is 26.6. The fourth-order valence-electron chi connectivity index (χ4n) is 5.77. The number of ketones is 2. The van der Waals surface area contributed by atoms with Gasteiger partial charge in [-0.05, 0) is 13.0 Å². The van der Waals surface area contributed by atoms with E-state index in [1.165, 1.54) is 66.7 Å². The van der Waals surface area contributed by atoms with E-state index < -0.39 is 7.26 Å². The van der Waals surface area contributed by atoms with E-state index >= 15 is 0 Å². The Hall–Kier alpha value is -3.09. The van der Waals surface area contributed by atoms with Crippen LogP contribution >= 0.6 is 7.26 Å². The average Bonchev–Trinajstić information content (AvgIpc) is 2.96. The molecule has 4 rings (SSSR count). The normalized spacial score (nSPS) is 14.2. The van der Waals surface area contributed by atoms with Gasteiger partial charge in [0.2, 0.25) is 0 Å².